The molecule has 0 aliphatic carbocycles. The number of aryl methyl sites for hydroxylation is 1. The Morgan fingerprint density at radius 2 is 2.04 bits per heavy atom. The first-order valence-electron chi connectivity index (χ1n) is 7.76. The van der Waals surface area contributed by atoms with Crippen LogP contribution in [0.1, 0.15) is 47.1 Å². The van der Waals surface area contributed by atoms with Crippen LogP contribution in [0.5, 0.6) is 0 Å². The molecular formula is C17H18N4O2S. The summed E-state index contributed by atoms with van der Waals surface area (Å²) in [5.41, 5.74) is 1.31. The standard InChI is InChI=1S/C17H18N4O2S/c1-4-11(3)15-20-21-16(23)13(9-18-17(21)24-15)19-14(22)12-7-5-10(2)6-8-12/h5-9,11H,4H2,1-3H3,(H,19,22)/t11-/m1/s1. The largest absolute Gasteiger partial charge is 0.316 e. The highest BCUT2D eigenvalue weighted by Crippen LogP contribution is 2.23. The van der Waals surface area contributed by atoms with Gasteiger partial charge in [-0.2, -0.15) is 9.61 Å². The lowest BCUT2D eigenvalue weighted by Gasteiger charge is -2.04. The highest BCUT2D eigenvalue weighted by Gasteiger charge is 2.15. The van der Waals surface area contributed by atoms with Crippen LogP contribution in [0.2, 0.25) is 0 Å². The SMILES string of the molecule is CC[C@@H](C)c1nn2c(=O)c(NC(=O)c3ccc(C)cc3)cnc2s1. The summed E-state index contributed by atoms with van der Waals surface area (Å²) in [7, 11) is 0. The minimum absolute atomic E-state index is 0.124. The predicted molar refractivity (Wildman–Crippen MR) is 95.0 cm³/mol. The fourth-order valence-corrected chi connectivity index (χ4v) is 3.15. The van der Waals surface area contributed by atoms with Crippen LogP contribution in [-0.2, 0) is 0 Å². The molecule has 1 N–H and O–H groups in total. The Labute approximate surface area is 143 Å². The van der Waals surface area contributed by atoms with Gasteiger partial charge in [0.1, 0.15) is 10.7 Å². The lowest BCUT2D eigenvalue weighted by molar-refractivity contribution is 0.102. The van der Waals surface area contributed by atoms with Crippen molar-refractivity contribution in [1.29, 1.82) is 0 Å². The molecule has 0 aliphatic heterocycles. The summed E-state index contributed by atoms with van der Waals surface area (Å²) in [6.45, 7) is 6.08. The Morgan fingerprint density at radius 1 is 1.33 bits per heavy atom. The van der Waals surface area contributed by atoms with Crippen molar-refractivity contribution in [2.24, 2.45) is 0 Å². The smallest absolute Gasteiger partial charge is 0.298 e. The Bertz CT molecular complexity index is 943. The number of aromatic nitrogens is 3. The molecule has 1 atom stereocenters. The molecule has 2 heterocycles. The lowest BCUT2D eigenvalue weighted by Crippen LogP contribution is -2.23. The zero-order valence-corrected chi connectivity index (χ0v) is 14.6. The van der Waals surface area contributed by atoms with E-state index in [1.807, 2.05) is 19.1 Å². The maximum atomic E-state index is 12.5. The third-order valence-electron chi connectivity index (χ3n) is 3.90. The van der Waals surface area contributed by atoms with Gasteiger partial charge in [0.2, 0.25) is 4.96 Å². The van der Waals surface area contributed by atoms with Crippen LogP contribution in [0, 0.1) is 6.92 Å². The number of rotatable bonds is 4. The molecule has 7 heteroatoms. The zero-order valence-electron chi connectivity index (χ0n) is 13.7. The second kappa shape index (κ2) is 6.52. The van der Waals surface area contributed by atoms with Crippen LogP contribution in [-0.4, -0.2) is 20.5 Å². The average molecular weight is 342 g/mol. The van der Waals surface area contributed by atoms with Crippen LogP contribution in [0.25, 0.3) is 4.96 Å². The number of carbonyl (C=O) groups is 1. The first-order valence-corrected chi connectivity index (χ1v) is 8.58. The van der Waals surface area contributed by atoms with E-state index in [2.05, 4.69) is 29.2 Å². The van der Waals surface area contributed by atoms with E-state index in [-0.39, 0.29) is 23.1 Å². The van der Waals surface area contributed by atoms with Crippen LogP contribution < -0.4 is 10.9 Å². The van der Waals surface area contributed by atoms with E-state index in [1.165, 1.54) is 22.0 Å². The van der Waals surface area contributed by atoms with Gasteiger partial charge >= 0.3 is 0 Å². The van der Waals surface area contributed by atoms with Crippen LogP contribution in [0.3, 0.4) is 0 Å². The molecular weight excluding hydrogens is 324 g/mol. The summed E-state index contributed by atoms with van der Waals surface area (Å²) in [4.78, 5) is 29.6. The Balaban J connectivity index is 1.92. The molecule has 0 saturated carbocycles. The fourth-order valence-electron chi connectivity index (χ4n) is 2.16. The summed E-state index contributed by atoms with van der Waals surface area (Å²) < 4.78 is 1.26. The van der Waals surface area contributed by atoms with Crippen molar-refractivity contribution in [3.8, 4) is 0 Å². The number of nitrogens with zero attached hydrogens (tertiary/aromatic N) is 3. The molecule has 3 aromatic rings. The van der Waals surface area contributed by atoms with Gasteiger partial charge in [0.25, 0.3) is 11.5 Å². The third kappa shape index (κ3) is 3.07. The molecule has 0 radical (unpaired) electrons. The minimum Gasteiger partial charge on any atom is -0.316 e. The van der Waals surface area contributed by atoms with Gasteiger partial charge in [-0.1, -0.05) is 42.9 Å². The van der Waals surface area contributed by atoms with Crippen molar-refractivity contribution in [1.82, 2.24) is 14.6 Å². The van der Waals surface area contributed by atoms with Crippen LogP contribution in [0.15, 0.2) is 35.3 Å². The molecule has 0 spiro atoms. The van der Waals surface area contributed by atoms with Gasteiger partial charge in [-0.05, 0) is 25.5 Å². The summed E-state index contributed by atoms with van der Waals surface area (Å²) >= 11 is 1.40. The second-order valence-electron chi connectivity index (χ2n) is 5.74. The van der Waals surface area contributed by atoms with Gasteiger partial charge in [0, 0.05) is 11.5 Å². The van der Waals surface area contributed by atoms with Gasteiger partial charge in [-0.3, -0.25) is 9.59 Å². The molecule has 0 unspecified atom stereocenters. The lowest BCUT2D eigenvalue weighted by atomic mass is 10.1. The highest BCUT2D eigenvalue weighted by molar-refractivity contribution is 7.16. The number of nitrogens with one attached hydrogen (secondary N) is 1. The molecule has 0 aliphatic rings. The quantitative estimate of drug-likeness (QED) is 0.790. The van der Waals surface area contributed by atoms with Gasteiger partial charge in [-0.15, -0.1) is 0 Å². The molecule has 1 aromatic carbocycles. The number of benzene rings is 1. The van der Waals surface area contributed by atoms with Crippen molar-refractivity contribution in [2.75, 3.05) is 5.32 Å². The third-order valence-corrected chi connectivity index (χ3v) is 5.05. The molecule has 0 bridgehead atoms. The molecule has 24 heavy (non-hydrogen) atoms. The number of hydrogen-bond acceptors (Lipinski definition) is 5. The predicted octanol–water partition coefficient (Wildman–Crippen LogP) is 3.23. The number of carbonyl (C=O) groups excluding carboxylic acids is 1. The van der Waals surface area contributed by atoms with Gasteiger partial charge in [0.15, 0.2) is 0 Å². The maximum absolute atomic E-state index is 12.5. The van der Waals surface area contributed by atoms with E-state index in [9.17, 15) is 9.59 Å². The number of anilines is 1. The van der Waals surface area contributed by atoms with Gasteiger partial charge in [-0.25, -0.2) is 4.98 Å². The molecule has 0 fully saturated rings. The molecule has 6 nitrogen and oxygen atoms in total. The van der Waals surface area contributed by atoms with Crippen molar-refractivity contribution >= 4 is 27.9 Å². The number of hydrogen-bond donors (Lipinski definition) is 1. The molecule has 2 aromatic heterocycles. The normalized spacial score (nSPS) is 12.3. The van der Waals surface area contributed by atoms with Crippen molar-refractivity contribution < 1.29 is 4.79 Å². The first kappa shape index (κ1) is 16.3. The maximum Gasteiger partial charge on any atom is 0.298 e. The monoisotopic (exact) mass is 342 g/mol. The summed E-state index contributed by atoms with van der Waals surface area (Å²) in [5.74, 6) is -0.0760. The average Bonchev–Trinajstić information content (AvgIpc) is 3.02. The van der Waals surface area contributed by atoms with Crippen molar-refractivity contribution in [2.45, 2.75) is 33.1 Å². The molecule has 3 rings (SSSR count). The molecule has 124 valence electrons. The fraction of sp³-hybridized carbons (Fsp3) is 0.294. The first-order chi connectivity index (χ1) is 11.5. The van der Waals surface area contributed by atoms with E-state index in [0.29, 0.717) is 10.5 Å². The van der Waals surface area contributed by atoms with Crippen molar-refractivity contribution in [3.63, 3.8) is 0 Å². The number of amides is 1. The Morgan fingerprint density at radius 3 is 2.71 bits per heavy atom. The van der Waals surface area contributed by atoms with Crippen LogP contribution >= 0.6 is 11.3 Å². The summed E-state index contributed by atoms with van der Waals surface area (Å²) in [6.07, 6.45) is 2.33. The number of fused-ring (bicyclic) bond motifs is 1. The van der Waals surface area contributed by atoms with Crippen LogP contribution in [0.4, 0.5) is 5.69 Å². The summed E-state index contributed by atoms with van der Waals surface area (Å²) in [5, 5.41) is 7.83. The van der Waals surface area contributed by atoms with E-state index < -0.39 is 0 Å². The van der Waals surface area contributed by atoms with E-state index in [0.717, 1.165) is 17.0 Å². The molecule has 1 amide bonds. The van der Waals surface area contributed by atoms with E-state index in [1.54, 1.807) is 12.1 Å². The Hall–Kier alpha value is -2.54. The second-order valence-corrected chi connectivity index (χ2v) is 6.73. The van der Waals surface area contributed by atoms with Crippen molar-refractivity contribution in [3.05, 3.63) is 57.0 Å². The molecule has 0 saturated heterocycles. The summed E-state index contributed by atoms with van der Waals surface area (Å²) in [6, 6.07) is 7.14. The topological polar surface area (TPSA) is 76.4 Å². The minimum atomic E-state index is -0.369. The highest BCUT2D eigenvalue weighted by atomic mass is 32.1. The zero-order chi connectivity index (χ0) is 17.3. The van der Waals surface area contributed by atoms with E-state index in [4.69, 9.17) is 0 Å². The Kier molecular flexibility index (Phi) is 4.44. The van der Waals surface area contributed by atoms with E-state index >= 15 is 0 Å². The van der Waals surface area contributed by atoms with Gasteiger partial charge in [0.05, 0.1) is 6.20 Å². The van der Waals surface area contributed by atoms with Gasteiger partial charge < -0.3 is 5.32 Å².